The summed E-state index contributed by atoms with van der Waals surface area (Å²) in [6, 6.07) is 5.86. The number of hydrogen-bond donors (Lipinski definition) is 3. The highest BCUT2D eigenvalue weighted by atomic mass is 16.2. The molecular weight excluding hydrogens is 344 g/mol. The van der Waals surface area contributed by atoms with Gasteiger partial charge in [0.05, 0.1) is 0 Å². The fourth-order valence-corrected chi connectivity index (χ4v) is 3.55. The van der Waals surface area contributed by atoms with Gasteiger partial charge in [-0.2, -0.15) is 0 Å². The molecule has 1 aromatic carbocycles. The van der Waals surface area contributed by atoms with Gasteiger partial charge in [-0.15, -0.1) is 0 Å². The summed E-state index contributed by atoms with van der Waals surface area (Å²) < 4.78 is 0. The molecule has 3 N–H and O–H groups in total. The Morgan fingerprint density at radius 3 is 2.78 bits per heavy atom. The van der Waals surface area contributed by atoms with Gasteiger partial charge in [-0.3, -0.25) is 19.7 Å². The van der Waals surface area contributed by atoms with Gasteiger partial charge in [-0.1, -0.05) is 26.0 Å². The zero-order valence-electron chi connectivity index (χ0n) is 16.0. The van der Waals surface area contributed by atoms with Crippen molar-refractivity contribution in [2.45, 2.75) is 58.3 Å². The molecule has 0 aliphatic carbocycles. The van der Waals surface area contributed by atoms with Gasteiger partial charge < -0.3 is 15.5 Å². The fraction of sp³-hybridized carbons (Fsp3) is 0.550. The minimum atomic E-state index is -0.558. The van der Waals surface area contributed by atoms with E-state index in [0.717, 1.165) is 30.6 Å². The van der Waals surface area contributed by atoms with Crippen LogP contribution in [0.25, 0.3) is 0 Å². The van der Waals surface area contributed by atoms with E-state index < -0.39 is 6.04 Å². The lowest BCUT2D eigenvalue weighted by Gasteiger charge is -2.29. The molecule has 1 aromatic rings. The van der Waals surface area contributed by atoms with Crippen LogP contribution < -0.4 is 16.0 Å². The first-order valence-corrected chi connectivity index (χ1v) is 9.66. The third-order valence-corrected chi connectivity index (χ3v) is 5.00. The molecule has 7 nitrogen and oxygen atoms in total. The zero-order valence-corrected chi connectivity index (χ0v) is 16.0. The molecule has 1 fully saturated rings. The number of carbonyl (C=O) groups excluding carboxylic acids is 3. The number of nitrogens with one attached hydrogen (secondary N) is 3. The van der Waals surface area contributed by atoms with Crippen LogP contribution in [-0.2, 0) is 22.7 Å². The maximum absolute atomic E-state index is 12.8. The number of rotatable bonds is 8. The Morgan fingerprint density at radius 2 is 2.04 bits per heavy atom. The van der Waals surface area contributed by atoms with Gasteiger partial charge in [0.25, 0.3) is 5.91 Å². The van der Waals surface area contributed by atoms with E-state index in [2.05, 4.69) is 29.8 Å². The van der Waals surface area contributed by atoms with Gasteiger partial charge in [-0.05, 0) is 43.1 Å². The van der Waals surface area contributed by atoms with Crippen molar-refractivity contribution in [1.82, 2.24) is 20.9 Å². The second-order valence-electron chi connectivity index (χ2n) is 7.53. The molecule has 3 rings (SSSR count). The van der Waals surface area contributed by atoms with E-state index in [4.69, 9.17) is 0 Å². The van der Waals surface area contributed by atoms with Crippen molar-refractivity contribution in [2.75, 3.05) is 13.1 Å². The van der Waals surface area contributed by atoms with Crippen molar-refractivity contribution in [3.05, 3.63) is 34.9 Å². The van der Waals surface area contributed by atoms with Crippen molar-refractivity contribution in [2.24, 2.45) is 0 Å². The predicted molar refractivity (Wildman–Crippen MR) is 102 cm³/mol. The SMILES string of the molecule is CC(C)NCCCNCc1ccc2c(c1)C(=O)N(C1CCC(=O)NC1=O)C2. The van der Waals surface area contributed by atoms with E-state index in [1.165, 1.54) is 0 Å². The van der Waals surface area contributed by atoms with Crippen LogP contribution in [0.1, 0.15) is 54.6 Å². The summed E-state index contributed by atoms with van der Waals surface area (Å²) in [6.45, 7) is 7.29. The van der Waals surface area contributed by atoms with Crippen LogP contribution in [-0.4, -0.2) is 47.8 Å². The van der Waals surface area contributed by atoms with E-state index in [1.807, 2.05) is 18.2 Å². The van der Waals surface area contributed by atoms with Crippen LogP contribution in [0.3, 0.4) is 0 Å². The van der Waals surface area contributed by atoms with Crippen molar-refractivity contribution >= 4 is 17.7 Å². The van der Waals surface area contributed by atoms with Crippen LogP contribution in [0.4, 0.5) is 0 Å². The second-order valence-corrected chi connectivity index (χ2v) is 7.53. The molecular formula is C20H28N4O3. The van der Waals surface area contributed by atoms with Gasteiger partial charge in [0.2, 0.25) is 11.8 Å². The van der Waals surface area contributed by atoms with Gasteiger partial charge in [0, 0.05) is 31.1 Å². The molecule has 146 valence electrons. The molecule has 0 aromatic heterocycles. The van der Waals surface area contributed by atoms with Crippen LogP contribution >= 0.6 is 0 Å². The lowest BCUT2D eigenvalue weighted by molar-refractivity contribution is -0.136. The minimum absolute atomic E-state index is 0.123. The number of imide groups is 1. The maximum atomic E-state index is 12.8. The Bertz CT molecular complexity index is 732. The number of carbonyl (C=O) groups is 3. The average Bonchev–Trinajstić information content (AvgIpc) is 2.94. The van der Waals surface area contributed by atoms with E-state index in [1.54, 1.807) is 4.90 Å². The third kappa shape index (κ3) is 4.73. The lowest BCUT2D eigenvalue weighted by Crippen LogP contribution is -2.52. The fourth-order valence-electron chi connectivity index (χ4n) is 3.55. The lowest BCUT2D eigenvalue weighted by atomic mass is 10.0. The van der Waals surface area contributed by atoms with E-state index in [9.17, 15) is 14.4 Å². The highest BCUT2D eigenvalue weighted by Crippen LogP contribution is 2.28. The first kappa shape index (κ1) is 19.5. The normalized spacial score (nSPS) is 19.6. The minimum Gasteiger partial charge on any atom is -0.322 e. The number of hydrogen-bond acceptors (Lipinski definition) is 5. The molecule has 2 aliphatic heterocycles. The largest absolute Gasteiger partial charge is 0.322 e. The quantitative estimate of drug-likeness (QED) is 0.466. The van der Waals surface area contributed by atoms with Gasteiger partial charge in [0.15, 0.2) is 0 Å². The molecule has 0 saturated carbocycles. The summed E-state index contributed by atoms with van der Waals surface area (Å²) in [7, 11) is 0. The van der Waals surface area contributed by atoms with Crippen LogP contribution in [0, 0.1) is 0 Å². The Labute approximate surface area is 159 Å². The molecule has 27 heavy (non-hydrogen) atoms. The maximum Gasteiger partial charge on any atom is 0.255 e. The Kier molecular flexibility index (Phi) is 6.23. The topological polar surface area (TPSA) is 90.5 Å². The highest BCUT2D eigenvalue weighted by Gasteiger charge is 2.38. The molecule has 2 aliphatic rings. The molecule has 0 spiro atoms. The smallest absolute Gasteiger partial charge is 0.255 e. The monoisotopic (exact) mass is 372 g/mol. The standard InChI is InChI=1S/C20H28N4O3/c1-13(2)22-9-3-8-21-11-14-4-5-15-12-24(20(27)16(15)10-14)17-6-7-18(25)23-19(17)26/h4-5,10,13,17,21-22H,3,6-9,11-12H2,1-2H3,(H,23,25,26). The third-order valence-electron chi connectivity index (χ3n) is 5.00. The average molecular weight is 372 g/mol. The predicted octanol–water partition coefficient (Wildman–Crippen LogP) is 0.925. The first-order valence-electron chi connectivity index (χ1n) is 9.66. The summed E-state index contributed by atoms with van der Waals surface area (Å²) in [5, 5.41) is 9.11. The Hall–Kier alpha value is -2.25. The molecule has 0 radical (unpaired) electrons. The second kappa shape index (κ2) is 8.63. The summed E-state index contributed by atoms with van der Waals surface area (Å²) in [6.07, 6.45) is 1.71. The number of nitrogens with zero attached hydrogens (tertiary/aromatic N) is 1. The highest BCUT2D eigenvalue weighted by molar-refractivity contribution is 6.05. The molecule has 1 atom stereocenters. The van der Waals surface area contributed by atoms with E-state index in [-0.39, 0.29) is 24.1 Å². The Morgan fingerprint density at radius 1 is 1.22 bits per heavy atom. The summed E-state index contributed by atoms with van der Waals surface area (Å²) in [5.74, 6) is -0.760. The van der Waals surface area contributed by atoms with Gasteiger partial charge >= 0.3 is 0 Å². The van der Waals surface area contributed by atoms with Gasteiger partial charge in [0.1, 0.15) is 6.04 Å². The molecule has 1 unspecified atom stereocenters. The van der Waals surface area contributed by atoms with Crippen molar-refractivity contribution < 1.29 is 14.4 Å². The zero-order chi connectivity index (χ0) is 19.4. The molecule has 3 amide bonds. The summed E-state index contributed by atoms with van der Waals surface area (Å²) >= 11 is 0. The molecule has 0 bridgehead atoms. The van der Waals surface area contributed by atoms with Gasteiger partial charge in [-0.25, -0.2) is 0 Å². The van der Waals surface area contributed by atoms with E-state index >= 15 is 0 Å². The van der Waals surface area contributed by atoms with Crippen molar-refractivity contribution in [1.29, 1.82) is 0 Å². The summed E-state index contributed by atoms with van der Waals surface area (Å²) in [4.78, 5) is 37.8. The number of piperidine rings is 1. The number of fused-ring (bicyclic) bond motifs is 1. The first-order chi connectivity index (χ1) is 13.0. The van der Waals surface area contributed by atoms with E-state index in [0.29, 0.717) is 31.1 Å². The van der Waals surface area contributed by atoms with Crippen molar-refractivity contribution in [3.63, 3.8) is 0 Å². The van der Waals surface area contributed by atoms with Crippen molar-refractivity contribution in [3.8, 4) is 0 Å². The Balaban J connectivity index is 1.55. The molecule has 2 heterocycles. The number of amides is 3. The van der Waals surface area contributed by atoms with Crippen LogP contribution in [0.5, 0.6) is 0 Å². The molecule has 1 saturated heterocycles. The van der Waals surface area contributed by atoms with Crippen LogP contribution in [0.15, 0.2) is 18.2 Å². The van der Waals surface area contributed by atoms with Crippen LogP contribution in [0.2, 0.25) is 0 Å². The molecule has 7 heteroatoms. The summed E-state index contributed by atoms with van der Waals surface area (Å²) in [5.41, 5.74) is 2.67. The number of benzene rings is 1.